The van der Waals surface area contributed by atoms with E-state index in [2.05, 4.69) is 216 Å². The van der Waals surface area contributed by atoms with Gasteiger partial charge in [0.1, 0.15) is 0 Å². The molecule has 7 aromatic carbocycles. The van der Waals surface area contributed by atoms with Crippen molar-refractivity contribution in [3.05, 3.63) is 227 Å². The Morgan fingerprint density at radius 2 is 1.32 bits per heavy atom. The van der Waals surface area contributed by atoms with E-state index in [1.807, 2.05) is 0 Å². The summed E-state index contributed by atoms with van der Waals surface area (Å²) in [4.78, 5) is 0. The molecule has 0 nitrogen and oxygen atoms in total. The van der Waals surface area contributed by atoms with Gasteiger partial charge in [-0.2, -0.15) is 0 Å². The normalized spacial score (nSPS) is 16.9. The van der Waals surface area contributed by atoms with Crippen LogP contribution in [0, 0.1) is 11.8 Å². The first-order valence-corrected chi connectivity index (χ1v) is 23.5. The van der Waals surface area contributed by atoms with Gasteiger partial charge in [0.25, 0.3) is 0 Å². The second kappa shape index (κ2) is 17.7. The summed E-state index contributed by atoms with van der Waals surface area (Å²) in [6.45, 7) is 9.40. The highest BCUT2D eigenvalue weighted by atomic mass is 14.3. The van der Waals surface area contributed by atoms with Crippen molar-refractivity contribution in [2.45, 2.75) is 72.1 Å². The third-order valence-electron chi connectivity index (χ3n) is 14.2. The molecule has 0 spiro atoms. The van der Waals surface area contributed by atoms with Gasteiger partial charge >= 0.3 is 0 Å². The third kappa shape index (κ3) is 7.71. The van der Waals surface area contributed by atoms with Gasteiger partial charge in [0.05, 0.1) is 0 Å². The monoisotopic (exact) mass is 814 g/mol. The molecule has 0 amide bonds. The molecule has 0 aliphatic heterocycles. The second-order valence-corrected chi connectivity index (χ2v) is 18.1. The van der Waals surface area contributed by atoms with Crippen molar-refractivity contribution < 1.29 is 0 Å². The SMILES string of the molecule is CC/C(=C(\C=C/Cc1ccccc1-c1cccc2ccccc12)C1C=CC(c2ccc3c(c2)C(CC)c2cc(-c4ccccc4-c4cccc5c4CCC=C5)ccc2-3)=CC1)C(C)C. The van der Waals surface area contributed by atoms with E-state index < -0.39 is 0 Å². The fourth-order valence-electron chi connectivity index (χ4n) is 11.1. The Morgan fingerprint density at radius 3 is 2.10 bits per heavy atom. The molecular weight excluding hydrogens is 757 g/mol. The van der Waals surface area contributed by atoms with E-state index in [4.69, 9.17) is 0 Å². The van der Waals surface area contributed by atoms with Crippen LogP contribution in [-0.4, -0.2) is 0 Å². The smallest absolute Gasteiger partial charge is 0.00994 e. The second-order valence-electron chi connectivity index (χ2n) is 18.1. The van der Waals surface area contributed by atoms with Gasteiger partial charge in [-0.3, -0.25) is 0 Å². The maximum Gasteiger partial charge on any atom is 0.00994 e. The van der Waals surface area contributed by atoms with Crippen molar-refractivity contribution in [3.8, 4) is 44.5 Å². The van der Waals surface area contributed by atoms with Gasteiger partial charge in [0.2, 0.25) is 0 Å². The molecule has 0 fully saturated rings. The zero-order valence-corrected chi connectivity index (χ0v) is 37.4. The third-order valence-corrected chi connectivity index (χ3v) is 14.2. The van der Waals surface area contributed by atoms with Crippen LogP contribution in [0.25, 0.3) is 66.9 Å². The average molecular weight is 815 g/mol. The fourth-order valence-corrected chi connectivity index (χ4v) is 11.1. The molecule has 0 N–H and O–H groups in total. The van der Waals surface area contributed by atoms with Crippen LogP contribution in [0.3, 0.4) is 0 Å². The Kier molecular flexibility index (Phi) is 11.4. The van der Waals surface area contributed by atoms with Gasteiger partial charge in [-0.25, -0.2) is 0 Å². The highest BCUT2D eigenvalue weighted by molar-refractivity contribution is 5.97. The predicted octanol–water partition coefficient (Wildman–Crippen LogP) is 17.4. The Hall–Kier alpha value is -6.50. The molecule has 63 heavy (non-hydrogen) atoms. The first kappa shape index (κ1) is 40.6. The van der Waals surface area contributed by atoms with E-state index in [0.29, 0.717) is 17.8 Å². The number of rotatable bonds is 11. The molecule has 0 heterocycles. The van der Waals surface area contributed by atoms with Crippen LogP contribution in [0.5, 0.6) is 0 Å². The molecule has 2 atom stereocenters. The minimum absolute atomic E-state index is 0.358. The molecule has 0 bridgehead atoms. The maximum atomic E-state index is 2.51. The summed E-state index contributed by atoms with van der Waals surface area (Å²) in [5.74, 6) is 1.23. The summed E-state index contributed by atoms with van der Waals surface area (Å²) in [7, 11) is 0. The fraction of sp³-hybridized carbons (Fsp3) is 0.206. The first-order valence-electron chi connectivity index (χ1n) is 23.5. The van der Waals surface area contributed by atoms with Crippen molar-refractivity contribution >= 4 is 22.4 Å². The molecule has 3 aliphatic rings. The van der Waals surface area contributed by atoms with E-state index >= 15 is 0 Å². The van der Waals surface area contributed by atoms with Crippen molar-refractivity contribution in [1.82, 2.24) is 0 Å². The lowest BCUT2D eigenvalue weighted by molar-refractivity contribution is 0.681. The summed E-state index contributed by atoms with van der Waals surface area (Å²) in [5.41, 5.74) is 23.6. The molecule has 0 heteroatoms. The molecule has 7 aromatic rings. The van der Waals surface area contributed by atoms with Gasteiger partial charge < -0.3 is 0 Å². The van der Waals surface area contributed by atoms with Crippen molar-refractivity contribution in [3.63, 3.8) is 0 Å². The van der Waals surface area contributed by atoms with Gasteiger partial charge in [-0.05, 0) is 156 Å². The summed E-state index contributed by atoms with van der Waals surface area (Å²) < 4.78 is 0. The molecule has 0 saturated heterocycles. The summed E-state index contributed by atoms with van der Waals surface area (Å²) in [5, 5.41) is 2.59. The minimum atomic E-state index is 0.358. The van der Waals surface area contributed by atoms with Crippen LogP contribution in [0.1, 0.15) is 92.7 Å². The minimum Gasteiger partial charge on any atom is -0.0836 e. The van der Waals surface area contributed by atoms with E-state index in [1.54, 1.807) is 5.57 Å². The number of benzene rings is 7. The van der Waals surface area contributed by atoms with Gasteiger partial charge in [-0.1, -0.05) is 209 Å². The van der Waals surface area contributed by atoms with Crippen LogP contribution < -0.4 is 0 Å². The molecule has 0 saturated carbocycles. The summed E-state index contributed by atoms with van der Waals surface area (Å²) in [6.07, 6.45) is 23.1. The van der Waals surface area contributed by atoms with E-state index in [1.165, 1.54) is 99.8 Å². The number of fused-ring (bicyclic) bond motifs is 5. The van der Waals surface area contributed by atoms with Crippen LogP contribution in [0.15, 0.2) is 193 Å². The molecule has 0 aromatic heterocycles. The Bertz CT molecular complexity index is 3000. The largest absolute Gasteiger partial charge is 0.0836 e. The van der Waals surface area contributed by atoms with Crippen LogP contribution in [0.4, 0.5) is 0 Å². The van der Waals surface area contributed by atoms with Gasteiger partial charge in [0, 0.05) is 11.8 Å². The van der Waals surface area contributed by atoms with Crippen LogP contribution in [-0.2, 0) is 12.8 Å². The zero-order chi connectivity index (χ0) is 42.9. The molecule has 10 rings (SSSR count). The standard InChI is InChI=1S/C63H58/c1-5-50(42(3)4)52(29-15-21-44-18-7-10-24-53(44)57-30-16-22-45-19-8-11-25-54(45)57)47-34-32-43(33-35-47)48-36-38-60-61-39-37-49(41-63(61)51(6-2)62(60)40-48)56-27-13-14-28-58(56)59-31-17-23-46-20-9-12-26-55(46)59/h7-11,13-20,22-25,27-34,36-42,47,51H,5-6,12,21,26,35H2,1-4H3/b29-15-,52-50-. The number of hydrogen-bond acceptors (Lipinski definition) is 0. The predicted molar refractivity (Wildman–Crippen MR) is 272 cm³/mol. The lowest BCUT2D eigenvalue weighted by Gasteiger charge is -2.24. The summed E-state index contributed by atoms with van der Waals surface area (Å²) in [6, 6.07) is 54.7. The average Bonchev–Trinajstić information content (AvgIpc) is 3.65. The Labute approximate surface area is 375 Å². The maximum absolute atomic E-state index is 2.51. The van der Waals surface area contributed by atoms with Crippen molar-refractivity contribution in [2.24, 2.45) is 11.8 Å². The Balaban J connectivity index is 0.903. The topological polar surface area (TPSA) is 0 Å². The zero-order valence-electron chi connectivity index (χ0n) is 37.4. The van der Waals surface area contributed by atoms with Crippen LogP contribution >= 0.6 is 0 Å². The number of allylic oxidation sites excluding steroid dienone is 9. The lowest BCUT2D eigenvalue weighted by Crippen LogP contribution is -2.08. The van der Waals surface area contributed by atoms with E-state index in [9.17, 15) is 0 Å². The van der Waals surface area contributed by atoms with Crippen molar-refractivity contribution in [1.29, 1.82) is 0 Å². The lowest BCUT2D eigenvalue weighted by atomic mass is 9.81. The molecule has 3 aliphatic carbocycles. The van der Waals surface area contributed by atoms with Gasteiger partial charge in [-0.15, -0.1) is 0 Å². The van der Waals surface area contributed by atoms with Crippen molar-refractivity contribution in [2.75, 3.05) is 0 Å². The highest BCUT2D eigenvalue weighted by Gasteiger charge is 2.29. The number of hydrogen-bond donors (Lipinski definition) is 0. The molecule has 2 unspecified atom stereocenters. The molecule has 310 valence electrons. The Morgan fingerprint density at radius 1 is 0.635 bits per heavy atom. The first-order chi connectivity index (χ1) is 31.0. The van der Waals surface area contributed by atoms with E-state index in [0.717, 1.165) is 38.5 Å². The van der Waals surface area contributed by atoms with E-state index in [-0.39, 0.29) is 0 Å². The van der Waals surface area contributed by atoms with Gasteiger partial charge in [0.15, 0.2) is 0 Å². The quantitative estimate of drug-likeness (QED) is 0.114. The molecule has 0 radical (unpaired) electrons. The molecular formula is C63H58. The highest BCUT2D eigenvalue weighted by Crippen LogP contribution is 2.49. The summed E-state index contributed by atoms with van der Waals surface area (Å²) >= 11 is 0. The van der Waals surface area contributed by atoms with Crippen LogP contribution in [0.2, 0.25) is 0 Å².